The van der Waals surface area contributed by atoms with Crippen molar-refractivity contribution >= 4 is 23.7 Å². The molecule has 3 amide bonds. The fraction of sp³-hybridized carbons (Fsp3) is 0.385. The van der Waals surface area contributed by atoms with E-state index in [1.807, 2.05) is 12.1 Å². The maximum atomic E-state index is 12.6. The highest BCUT2D eigenvalue weighted by Gasteiger charge is 2.26. The van der Waals surface area contributed by atoms with Crippen LogP contribution in [0.3, 0.4) is 0 Å². The van der Waals surface area contributed by atoms with Crippen LogP contribution in [-0.4, -0.2) is 84.5 Å². The van der Waals surface area contributed by atoms with Crippen molar-refractivity contribution in [2.75, 3.05) is 39.9 Å². The summed E-state index contributed by atoms with van der Waals surface area (Å²) in [5.41, 5.74) is 0.351. The van der Waals surface area contributed by atoms with Gasteiger partial charge in [-0.25, -0.2) is 4.79 Å². The van der Waals surface area contributed by atoms with Crippen LogP contribution < -0.4 is 14.8 Å². The monoisotopic (exact) mass is 497 g/mol. The molecule has 192 valence electrons. The van der Waals surface area contributed by atoms with E-state index < -0.39 is 17.9 Å². The Labute approximate surface area is 209 Å². The number of para-hydroxylation sites is 2. The van der Waals surface area contributed by atoms with E-state index in [4.69, 9.17) is 9.47 Å². The molecule has 0 spiro atoms. The Morgan fingerprint density at radius 1 is 0.861 bits per heavy atom. The van der Waals surface area contributed by atoms with Crippen LogP contribution in [0.5, 0.6) is 11.5 Å². The van der Waals surface area contributed by atoms with Crippen LogP contribution in [0, 0.1) is 0 Å². The van der Waals surface area contributed by atoms with Crippen LogP contribution in [0.1, 0.15) is 29.6 Å². The fourth-order valence-electron chi connectivity index (χ4n) is 3.86. The minimum atomic E-state index is -1.20. The van der Waals surface area contributed by atoms with Gasteiger partial charge in [-0.15, -0.1) is 0 Å². The molecule has 0 aliphatic carbocycles. The van der Waals surface area contributed by atoms with E-state index in [-0.39, 0.29) is 37.7 Å². The first-order valence-electron chi connectivity index (χ1n) is 11.8. The number of methoxy groups -OCH3 is 1. The van der Waals surface area contributed by atoms with Crippen molar-refractivity contribution in [3.8, 4) is 11.5 Å². The highest BCUT2D eigenvalue weighted by molar-refractivity contribution is 5.96. The fourth-order valence-corrected chi connectivity index (χ4v) is 3.86. The Hall–Kier alpha value is -4.08. The van der Waals surface area contributed by atoms with E-state index in [0.29, 0.717) is 43.2 Å². The maximum absolute atomic E-state index is 12.6. The van der Waals surface area contributed by atoms with E-state index >= 15 is 0 Å². The Balaban J connectivity index is 1.39. The standard InChI is InChI=1S/C26H31N3O7/c1-35-21-9-5-6-10-22(21)36-18-13-24(31)29-16-14-28(15-17-29)23(30)12-11-20(26(33)34)27-25(32)19-7-3-2-4-8-19/h2-10,20H,11-18H2,1H3,(H,27,32)(H,33,34)/t20-/m0/s1. The van der Waals surface area contributed by atoms with Gasteiger partial charge in [0.05, 0.1) is 20.1 Å². The number of carboxylic acids is 1. The van der Waals surface area contributed by atoms with Crippen molar-refractivity contribution in [1.82, 2.24) is 15.1 Å². The summed E-state index contributed by atoms with van der Waals surface area (Å²) < 4.78 is 10.9. The Morgan fingerprint density at radius 3 is 2.00 bits per heavy atom. The molecule has 2 N–H and O–H groups in total. The van der Waals surface area contributed by atoms with Crippen molar-refractivity contribution in [2.45, 2.75) is 25.3 Å². The predicted molar refractivity (Wildman–Crippen MR) is 131 cm³/mol. The average molecular weight is 498 g/mol. The van der Waals surface area contributed by atoms with E-state index in [1.54, 1.807) is 59.4 Å². The first kappa shape index (κ1) is 26.5. The van der Waals surface area contributed by atoms with Gasteiger partial charge in [0.2, 0.25) is 11.8 Å². The molecule has 10 nitrogen and oxygen atoms in total. The molecule has 0 radical (unpaired) electrons. The number of amides is 3. The van der Waals surface area contributed by atoms with Crippen molar-refractivity contribution in [2.24, 2.45) is 0 Å². The lowest BCUT2D eigenvalue weighted by molar-refractivity contribution is -0.141. The minimum Gasteiger partial charge on any atom is -0.493 e. The molecule has 10 heteroatoms. The molecular weight excluding hydrogens is 466 g/mol. The number of carboxylic acid groups (broad SMARTS) is 1. The number of hydrogen-bond donors (Lipinski definition) is 2. The molecule has 1 heterocycles. The smallest absolute Gasteiger partial charge is 0.326 e. The lowest BCUT2D eigenvalue weighted by atomic mass is 10.1. The molecule has 1 fully saturated rings. The molecule has 1 aliphatic rings. The lowest BCUT2D eigenvalue weighted by Crippen LogP contribution is -2.51. The minimum absolute atomic E-state index is 0.0211. The van der Waals surface area contributed by atoms with Gasteiger partial charge >= 0.3 is 5.97 Å². The highest BCUT2D eigenvalue weighted by Crippen LogP contribution is 2.25. The van der Waals surface area contributed by atoms with E-state index in [9.17, 15) is 24.3 Å². The molecule has 36 heavy (non-hydrogen) atoms. The molecular formula is C26H31N3O7. The summed E-state index contributed by atoms with van der Waals surface area (Å²) in [6, 6.07) is 14.3. The van der Waals surface area contributed by atoms with Crippen molar-refractivity contribution in [1.29, 1.82) is 0 Å². The maximum Gasteiger partial charge on any atom is 0.326 e. The number of benzene rings is 2. The zero-order valence-electron chi connectivity index (χ0n) is 20.2. The molecule has 0 bridgehead atoms. The van der Waals surface area contributed by atoms with Crippen LogP contribution in [0.15, 0.2) is 54.6 Å². The molecule has 2 aromatic carbocycles. The van der Waals surface area contributed by atoms with Gasteiger partial charge < -0.3 is 29.7 Å². The van der Waals surface area contributed by atoms with Crippen molar-refractivity contribution in [3.63, 3.8) is 0 Å². The quantitative estimate of drug-likeness (QED) is 0.485. The molecule has 1 aliphatic heterocycles. The van der Waals surface area contributed by atoms with Gasteiger partial charge in [-0.1, -0.05) is 30.3 Å². The SMILES string of the molecule is COc1ccccc1OCCC(=O)N1CCN(C(=O)CC[C@H](NC(=O)c2ccccc2)C(=O)O)CC1. The number of carbonyl (C=O) groups excluding carboxylic acids is 3. The first-order chi connectivity index (χ1) is 17.4. The second-order valence-corrected chi connectivity index (χ2v) is 8.28. The zero-order valence-corrected chi connectivity index (χ0v) is 20.2. The number of carbonyl (C=O) groups is 4. The average Bonchev–Trinajstić information content (AvgIpc) is 2.91. The Morgan fingerprint density at radius 2 is 1.42 bits per heavy atom. The molecule has 0 unspecified atom stereocenters. The van der Waals surface area contributed by atoms with Crippen molar-refractivity contribution in [3.05, 3.63) is 60.2 Å². The molecule has 1 saturated heterocycles. The van der Waals surface area contributed by atoms with Crippen molar-refractivity contribution < 1.29 is 33.8 Å². The summed E-state index contributed by atoms with van der Waals surface area (Å²) in [5, 5.41) is 11.9. The second kappa shape index (κ2) is 13.1. The topological polar surface area (TPSA) is 125 Å². The number of nitrogens with one attached hydrogen (secondary N) is 1. The van der Waals surface area contributed by atoms with Gasteiger partial charge in [0.1, 0.15) is 6.04 Å². The summed E-state index contributed by atoms with van der Waals surface area (Å²) in [6.45, 7) is 1.74. The number of aliphatic carboxylic acids is 1. The summed E-state index contributed by atoms with van der Waals surface area (Å²) in [7, 11) is 1.55. The summed E-state index contributed by atoms with van der Waals surface area (Å²) in [6.07, 6.45) is 0.159. The van der Waals surface area contributed by atoms with Gasteiger partial charge in [0.15, 0.2) is 11.5 Å². The molecule has 2 aromatic rings. The second-order valence-electron chi connectivity index (χ2n) is 8.28. The molecule has 0 aromatic heterocycles. The van der Waals surface area contributed by atoms with Crippen LogP contribution >= 0.6 is 0 Å². The summed E-state index contributed by atoms with van der Waals surface area (Å²) >= 11 is 0. The Kier molecular flexibility index (Phi) is 9.67. The van der Waals surface area contributed by atoms with Gasteiger partial charge in [-0.2, -0.15) is 0 Å². The highest BCUT2D eigenvalue weighted by atomic mass is 16.5. The third-order valence-electron chi connectivity index (χ3n) is 5.91. The normalized spacial score (nSPS) is 14.0. The number of ether oxygens (including phenoxy) is 2. The number of nitrogens with zero attached hydrogens (tertiary/aromatic N) is 2. The largest absolute Gasteiger partial charge is 0.493 e. The van der Waals surface area contributed by atoms with E-state index in [0.717, 1.165) is 0 Å². The number of hydrogen-bond acceptors (Lipinski definition) is 6. The van der Waals surface area contributed by atoms with E-state index in [1.165, 1.54) is 0 Å². The number of rotatable bonds is 11. The Bertz CT molecular complexity index is 1050. The summed E-state index contributed by atoms with van der Waals surface area (Å²) in [5.74, 6) is -0.798. The third kappa shape index (κ3) is 7.46. The number of piperazine rings is 1. The zero-order chi connectivity index (χ0) is 25.9. The first-order valence-corrected chi connectivity index (χ1v) is 11.8. The van der Waals surface area contributed by atoms with Gasteiger partial charge in [0, 0.05) is 38.2 Å². The van der Waals surface area contributed by atoms with Crippen LogP contribution in [0.4, 0.5) is 0 Å². The molecule has 0 saturated carbocycles. The van der Waals surface area contributed by atoms with Gasteiger partial charge in [-0.05, 0) is 30.7 Å². The van der Waals surface area contributed by atoms with Crippen LogP contribution in [0.2, 0.25) is 0 Å². The van der Waals surface area contributed by atoms with Gasteiger partial charge in [-0.3, -0.25) is 14.4 Å². The van der Waals surface area contributed by atoms with Crippen LogP contribution in [-0.2, 0) is 14.4 Å². The lowest BCUT2D eigenvalue weighted by Gasteiger charge is -2.35. The molecule has 3 rings (SSSR count). The summed E-state index contributed by atoms with van der Waals surface area (Å²) in [4.78, 5) is 52.3. The van der Waals surface area contributed by atoms with Gasteiger partial charge in [0.25, 0.3) is 5.91 Å². The van der Waals surface area contributed by atoms with Crippen LogP contribution in [0.25, 0.3) is 0 Å². The third-order valence-corrected chi connectivity index (χ3v) is 5.91. The molecule has 1 atom stereocenters. The van der Waals surface area contributed by atoms with E-state index in [2.05, 4.69) is 5.32 Å². The predicted octanol–water partition coefficient (Wildman–Crippen LogP) is 1.80.